The summed E-state index contributed by atoms with van der Waals surface area (Å²) in [6.07, 6.45) is -59.1. The van der Waals surface area contributed by atoms with E-state index in [9.17, 15) is 145 Å². The molecule has 89 heavy (non-hydrogen) atoms. The van der Waals surface area contributed by atoms with Crippen LogP contribution in [-0.2, 0) is 92.3 Å². The van der Waals surface area contributed by atoms with Crippen LogP contribution >= 0.6 is 15.8 Å². The molecule has 492 valence electrons. The summed E-state index contributed by atoms with van der Waals surface area (Å²) in [7, 11) is -18.6. The largest absolute Gasteiger partial charge is 2.00 e. The zero-order valence-corrected chi connectivity index (χ0v) is 46.9. The molecule has 0 atom stereocenters. The number of hydrogen-bond acceptors (Lipinski definition) is 3. The van der Waals surface area contributed by atoms with Crippen molar-refractivity contribution in [2.75, 3.05) is 0 Å². The summed E-state index contributed by atoms with van der Waals surface area (Å²) in [4.78, 5) is 0. The second kappa shape index (κ2) is 25.3. The third-order valence-corrected chi connectivity index (χ3v) is 19.8. The molecule has 0 heterocycles. The third kappa shape index (κ3) is 18.7. The first kappa shape index (κ1) is 76.1. The Hall–Kier alpha value is -5.34. The van der Waals surface area contributed by atoms with Crippen LogP contribution in [0, 0.1) is 0 Å². The van der Waals surface area contributed by atoms with Gasteiger partial charge in [0.1, 0.15) is 0 Å². The van der Waals surface area contributed by atoms with Gasteiger partial charge in [-0.05, 0) is 133 Å². The molecule has 0 aromatic heterocycles. The van der Waals surface area contributed by atoms with Gasteiger partial charge < -0.3 is 4.55 Å². The Labute approximate surface area is 492 Å². The van der Waals surface area contributed by atoms with E-state index in [0.29, 0.717) is 6.55 Å². The molecule has 0 amide bonds. The van der Waals surface area contributed by atoms with Gasteiger partial charge in [0.2, 0.25) is 0 Å². The van der Waals surface area contributed by atoms with Crippen LogP contribution in [0.3, 0.4) is 0 Å². The van der Waals surface area contributed by atoms with Crippen molar-refractivity contribution < 1.29 is 178 Å². The van der Waals surface area contributed by atoms with Gasteiger partial charge in [-0.25, -0.2) is 8.42 Å². The van der Waals surface area contributed by atoms with Crippen molar-refractivity contribution in [3.05, 3.63) is 165 Å². The topological polar surface area (TPSA) is 57.2 Å². The van der Waals surface area contributed by atoms with E-state index in [1.165, 1.54) is 0 Å². The molecule has 6 aromatic carbocycles. The van der Waals surface area contributed by atoms with Gasteiger partial charge in [-0.1, -0.05) is 24.3 Å². The summed E-state index contributed by atoms with van der Waals surface area (Å²) in [6.45, 7) is 0.658. The number of halogens is 33. The van der Waals surface area contributed by atoms with Gasteiger partial charge in [0.25, 0.3) is 0 Å². The van der Waals surface area contributed by atoms with Crippen LogP contribution in [0.4, 0.5) is 145 Å². The van der Waals surface area contributed by atoms with Gasteiger partial charge >= 0.3 is 87.7 Å². The standard InChI is InChI=1S/C47H21F30P2Si.CHF3O3S.Pd/c1-80(36-4-2-20(38(48,49)50)18-34(36)78(30-10-22(40(54,55)56)6-23(11-30)41(57,58)59)31-12-24(42(60,61)62)7-25(13-31)43(63,64)65)37-5-3-21(39(51,52)53)19-35(37)79(32-14-26(44(66,67)68)8-27(15-32)45(69,70)71)33-16-28(46(72,73)74)9-29(17-33)47(75,76)77;2-1(3,4)8(5,6)7;/h2-19H,1H3;(H,5,6,7);/q-1;;+2/p-1. The second-order valence-corrected chi connectivity index (χ2v) is 25.8. The molecule has 0 unspecified atom stereocenters. The summed E-state index contributed by atoms with van der Waals surface area (Å²) >= 11 is 0. The predicted molar refractivity (Wildman–Crippen MR) is 247 cm³/mol. The smallest absolute Gasteiger partial charge is 0.741 e. The first-order valence-corrected chi connectivity index (χ1v) is 28.3. The minimum atomic E-state index is -6.09. The van der Waals surface area contributed by atoms with Crippen molar-refractivity contribution >= 4 is 77.0 Å². The normalized spacial score (nSPS) is 13.8. The van der Waals surface area contributed by atoms with Crippen LogP contribution in [0.1, 0.15) is 55.6 Å². The number of alkyl halides is 33. The monoisotopic (exact) mass is 1500 g/mol. The molecule has 0 bridgehead atoms. The van der Waals surface area contributed by atoms with E-state index in [-0.39, 0.29) is 105 Å². The zero-order chi connectivity index (χ0) is 67.9. The van der Waals surface area contributed by atoms with Gasteiger partial charge in [0.05, 0.1) is 55.6 Å². The molecule has 3 nitrogen and oxygen atoms in total. The minimum Gasteiger partial charge on any atom is -0.741 e. The Bertz CT molecular complexity index is 3170. The van der Waals surface area contributed by atoms with Crippen LogP contribution < -0.4 is 42.2 Å². The molecule has 0 N–H and O–H groups in total. The number of hydrogen-bond donors (Lipinski definition) is 0. The molecule has 0 fully saturated rings. The molecule has 0 radical (unpaired) electrons. The van der Waals surface area contributed by atoms with E-state index in [4.69, 9.17) is 13.0 Å². The summed E-state index contributed by atoms with van der Waals surface area (Å²) in [5, 5.41) is -11.8. The van der Waals surface area contributed by atoms with Gasteiger partial charge in [0.15, 0.2) is 10.1 Å². The predicted octanol–water partition coefficient (Wildman–Crippen LogP) is 15.7. The molecule has 6 rings (SSSR count). The molecule has 0 saturated carbocycles. The fourth-order valence-electron chi connectivity index (χ4n) is 7.69. The Kier molecular flexibility index (Phi) is 21.6. The van der Waals surface area contributed by atoms with E-state index in [1.54, 1.807) is 0 Å². The van der Waals surface area contributed by atoms with Gasteiger partial charge in [-0.3, -0.25) is 8.80 Å². The molecule has 0 aliphatic rings. The summed E-state index contributed by atoms with van der Waals surface area (Å²) in [6, 6.07) is -5.32. The fraction of sp³-hybridized carbons (Fsp3) is 0.250. The Morgan fingerprint density at radius 3 is 0.584 bits per heavy atom. The molecular formula is C48H21F33O3P2PdSSi. The van der Waals surface area contributed by atoms with Crippen molar-refractivity contribution in [1.29, 1.82) is 0 Å². The van der Waals surface area contributed by atoms with E-state index >= 15 is 0 Å². The molecule has 0 saturated heterocycles. The van der Waals surface area contributed by atoms with Crippen LogP contribution in [-0.4, -0.2) is 27.3 Å². The Morgan fingerprint density at radius 2 is 0.449 bits per heavy atom. The zero-order valence-electron chi connectivity index (χ0n) is 41.7. The van der Waals surface area contributed by atoms with E-state index in [1.807, 2.05) is 0 Å². The minimum absolute atomic E-state index is 0. The number of benzene rings is 6. The van der Waals surface area contributed by atoms with Crippen molar-refractivity contribution in [1.82, 2.24) is 0 Å². The average Bonchev–Trinajstić information content (AvgIpc) is 0.809. The molecule has 41 heteroatoms. The van der Waals surface area contributed by atoms with E-state index < -0.39 is 224 Å². The molecule has 6 aromatic rings. The van der Waals surface area contributed by atoms with Gasteiger partial charge in [-0.2, -0.15) is 162 Å². The SMILES string of the molecule is C[Si-](c1ccc(C(F)(F)F)cc1P(c1cc(C(F)(F)F)cc(C(F)(F)F)c1)c1cc(C(F)(F)F)cc(C(F)(F)F)c1)c1ccc(C(F)(F)F)cc1P(c1cc(C(F)(F)F)cc(C(F)(F)F)c1)c1cc(C(F)(F)F)cc(C(F)(F)F)c1.O=S(=O)([O-])C(F)(F)F.[Pd+2]. The number of rotatable bonds is 8. The Morgan fingerprint density at radius 1 is 0.292 bits per heavy atom. The molecule has 0 aliphatic heterocycles. The van der Waals surface area contributed by atoms with Gasteiger partial charge in [-0.15, -0.1) is 0 Å². The second-order valence-electron chi connectivity index (χ2n) is 17.7. The van der Waals surface area contributed by atoms with Crippen LogP contribution in [0.25, 0.3) is 0 Å². The van der Waals surface area contributed by atoms with Crippen molar-refractivity contribution in [3.63, 3.8) is 0 Å². The van der Waals surface area contributed by atoms with Crippen molar-refractivity contribution in [2.45, 2.75) is 73.8 Å². The summed E-state index contributed by atoms with van der Waals surface area (Å²) in [5.41, 5.74) is -29.0. The quantitative estimate of drug-likeness (QED) is 0.0502. The first-order chi connectivity index (χ1) is 39.1. The fourth-order valence-corrected chi connectivity index (χ4v) is 16.3. The molecule has 0 aliphatic carbocycles. The van der Waals surface area contributed by atoms with Crippen molar-refractivity contribution in [2.24, 2.45) is 0 Å². The van der Waals surface area contributed by atoms with Crippen molar-refractivity contribution in [3.8, 4) is 0 Å². The summed E-state index contributed by atoms with van der Waals surface area (Å²) < 4.78 is 494. The van der Waals surface area contributed by atoms with Gasteiger partial charge in [0, 0.05) is 0 Å². The maximum absolute atomic E-state index is 14.7. The van der Waals surface area contributed by atoms with E-state index in [2.05, 4.69) is 0 Å². The van der Waals surface area contributed by atoms with Crippen LogP contribution in [0.2, 0.25) is 6.55 Å². The van der Waals surface area contributed by atoms with Crippen LogP contribution in [0.15, 0.2) is 109 Å². The molecule has 0 spiro atoms. The first-order valence-electron chi connectivity index (χ1n) is 22.2. The summed E-state index contributed by atoms with van der Waals surface area (Å²) in [5.74, 6) is 0. The van der Waals surface area contributed by atoms with E-state index in [0.717, 1.165) is 0 Å². The van der Waals surface area contributed by atoms with Crippen LogP contribution in [0.5, 0.6) is 0 Å². The third-order valence-electron chi connectivity index (χ3n) is 11.5. The molecular weight excluding hydrogens is 1480 g/mol. The Balaban J connectivity index is 0.00000175. The maximum Gasteiger partial charge on any atom is 2.00 e. The average molecular weight is 1500 g/mol. The maximum atomic E-state index is 14.7.